The number of aryl methyl sites for hydroxylation is 1. The Balaban J connectivity index is 2.11. The number of ether oxygens (including phenoxy) is 1. The first-order valence-electron chi connectivity index (χ1n) is 5.40. The van der Waals surface area contributed by atoms with Crippen LogP contribution in [0.25, 0.3) is 0 Å². The van der Waals surface area contributed by atoms with Crippen molar-refractivity contribution >= 4 is 27.5 Å². The quantitative estimate of drug-likeness (QED) is 0.758. The van der Waals surface area contributed by atoms with Crippen LogP contribution in [0.3, 0.4) is 0 Å². The molecule has 0 spiro atoms. The second-order valence-corrected chi connectivity index (χ2v) is 5.17. The number of hydrogen-bond donors (Lipinski definition) is 0. The SMILES string of the molecule is Cc1cc(OCc2cccc(Cl)c2F)ccc1Br. The molecule has 2 aromatic carbocycles. The van der Waals surface area contributed by atoms with Crippen molar-refractivity contribution in [1.29, 1.82) is 0 Å². The van der Waals surface area contributed by atoms with Gasteiger partial charge in [-0.25, -0.2) is 4.39 Å². The third-order valence-electron chi connectivity index (χ3n) is 2.56. The van der Waals surface area contributed by atoms with Crippen LogP contribution >= 0.6 is 27.5 Å². The van der Waals surface area contributed by atoms with Crippen LogP contribution in [-0.4, -0.2) is 0 Å². The van der Waals surface area contributed by atoms with E-state index in [1.165, 1.54) is 6.07 Å². The molecular weight excluding hydrogens is 319 g/mol. The molecule has 0 aliphatic carbocycles. The zero-order chi connectivity index (χ0) is 13.1. The van der Waals surface area contributed by atoms with Crippen molar-refractivity contribution in [1.82, 2.24) is 0 Å². The fraction of sp³-hybridized carbons (Fsp3) is 0.143. The highest BCUT2D eigenvalue weighted by atomic mass is 79.9. The van der Waals surface area contributed by atoms with E-state index in [0.717, 1.165) is 10.0 Å². The molecule has 0 bridgehead atoms. The van der Waals surface area contributed by atoms with Crippen molar-refractivity contribution in [3.63, 3.8) is 0 Å². The molecule has 94 valence electrons. The standard InChI is InChI=1S/C14H11BrClFO/c1-9-7-11(5-6-12(9)15)18-8-10-3-2-4-13(16)14(10)17/h2-7H,8H2,1H3. The lowest BCUT2D eigenvalue weighted by Crippen LogP contribution is -1.99. The van der Waals surface area contributed by atoms with Gasteiger partial charge in [0.2, 0.25) is 0 Å². The summed E-state index contributed by atoms with van der Waals surface area (Å²) in [7, 11) is 0. The lowest BCUT2D eigenvalue weighted by atomic mass is 10.2. The van der Waals surface area contributed by atoms with Crippen LogP contribution in [0.2, 0.25) is 5.02 Å². The van der Waals surface area contributed by atoms with E-state index in [-0.39, 0.29) is 11.6 Å². The number of halogens is 3. The van der Waals surface area contributed by atoms with Gasteiger partial charge in [0.15, 0.2) is 0 Å². The summed E-state index contributed by atoms with van der Waals surface area (Å²) < 4.78 is 20.2. The van der Waals surface area contributed by atoms with E-state index in [4.69, 9.17) is 16.3 Å². The molecule has 0 unspecified atom stereocenters. The van der Waals surface area contributed by atoms with E-state index in [9.17, 15) is 4.39 Å². The van der Waals surface area contributed by atoms with Gasteiger partial charge in [-0.1, -0.05) is 39.7 Å². The van der Waals surface area contributed by atoms with Crippen molar-refractivity contribution in [3.8, 4) is 5.75 Å². The summed E-state index contributed by atoms with van der Waals surface area (Å²) in [6.45, 7) is 2.13. The van der Waals surface area contributed by atoms with Gasteiger partial charge in [0.25, 0.3) is 0 Å². The highest BCUT2D eigenvalue weighted by Crippen LogP contribution is 2.23. The molecular formula is C14H11BrClFO. The predicted octanol–water partition coefficient (Wildman–Crippen LogP) is 5.13. The molecule has 0 heterocycles. The Morgan fingerprint density at radius 3 is 2.78 bits per heavy atom. The highest BCUT2D eigenvalue weighted by Gasteiger charge is 2.07. The first kappa shape index (κ1) is 13.4. The van der Waals surface area contributed by atoms with Gasteiger partial charge in [0, 0.05) is 10.0 Å². The van der Waals surface area contributed by atoms with Gasteiger partial charge in [-0.15, -0.1) is 0 Å². The number of benzene rings is 2. The van der Waals surface area contributed by atoms with E-state index >= 15 is 0 Å². The maximum absolute atomic E-state index is 13.6. The van der Waals surface area contributed by atoms with Gasteiger partial charge in [0.1, 0.15) is 18.2 Å². The smallest absolute Gasteiger partial charge is 0.148 e. The first-order chi connectivity index (χ1) is 8.58. The van der Waals surface area contributed by atoms with Crippen LogP contribution < -0.4 is 4.74 Å². The average Bonchev–Trinajstić information content (AvgIpc) is 2.35. The summed E-state index contributed by atoms with van der Waals surface area (Å²) in [5, 5.41) is 0.114. The van der Waals surface area contributed by atoms with Crippen LogP contribution in [0.15, 0.2) is 40.9 Å². The van der Waals surface area contributed by atoms with E-state index in [2.05, 4.69) is 15.9 Å². The zero-order valence-corrected chi connectivity index (χ0v) is 12.1. The van der Waals surface area contributed by atoms with Crippen LogP contribution in [0.1, 0.15) is 11.1 Å². The van der Waals surface area contributed by atoms with Crippen molar-refractivity contribution in [2.45, 2.75) is 13.5 Å². The normalized spacial score (nSPS) is 10.4. The van der Waals surface area contributed by atoms with Gasteiger partial charge in [-0.05, 0) is 36.8 Å². The van der Waals surface area contributed by atoms with Crippen LogP contribution in [0, 0.1) is 12.7 Å². The maximum atomic E-state index is 13.6. The van der Waals surface area contributed by atoms with Crippen LogP contribution in [-0.2, 0) is 6.61 Å². The fourth-order valence-electron chi connectivity index (χ4n) is 1.53. The predicted molar refractivity (Wildman–Crippen MR) is 74.6 cm³/mol. The Bertz CT molecular complexity index is 572. The summed E-state index contributed by atoms with van der Waals surface area (Å²) in [5.41, 5.74) is 1.52. The molecule has 18 heavy (non-hydrogen) atoms. The van der Waals surface area contributed by atoms with E-state index in [1.807, 2.05) is 25.1 Å². The second-order valence-electron chi connectivity index (χ2n) is 3.91. The molecule has 0 N–H and O–H groups in total. The number of hydrogen-bond acceptors (Lipinski definition) is 1. The molecule has 4 heteroatoms. The van der Waals surface area contributed by atoms with Gasteiger partial charge >= 0.3 is 0 Å². The van der Waals surface area contributed by atoms with Crippen LogP contribution in [0.5, 0.6) is 5.75 Å². The Hall–Kier alpha value is -1.06. The van der Waals surface area contributed by atoms with Crippen molar-refractivity contribution in [2.24, 2.45) is 0 Å². The summed E-state index contributed by atoms with van der Waals surface area (Å²) >= 11 is 9.12. The van der Waals surface area contributed by atoms with Crippen LogP contribution in [0.4, 0.5) is 4.39 Å². The van der Waals surface area contributed by atoms with Gasteiger partial charge < -0.3 is 4.74 Å². The zero-order valence-electron chi connectivity index (χ0n) is 9.71. The van der Waals surface area contributed by atoms with Gasteiger partial charge in [0.05, 0.1) is 5.02 Å². The molecule has 0 radical (unpaired) electrons. The molecule has 0 aliphatic heterocycles. The minimum atomic E-state index is -0.423. The van der Waals surface area contributed by atoms with E-state index < -0.39 is 5.82 Å². The van der Waals surface area contributed by atoms with Gasteiger partial charge in [-0.3, -0.25) is 0 Å². The summed E-state index contributed by atoms with van der Waals surface area (Å²) in [4.78, 5) is 0. The summed E-state index contributed by atoms with van der Waals surface area (Å²) in [6, 6.07) is 10.5. The van der Waals surface area contributed by atoms with Crippen molar-refractivity contribution in [2.75, 3.05) is 0 Å². The molecule has 0 atom stereocenters. The largest absolute Gasteiger partial charge is 0.489 e. The Morgan fingerprint density at radius 2 is 2.06 bits per heavy atom. The topological polar surface area (TPSA) is 9.23 Å². The Kier molecular flexibility index (Phi) is 4.25. The van der Waals surface area contributed by atoms with Crippen molar-refractivity contribution in [3.05, 3.63) is 62.8 Å². The Morgan fingerprint density at radius 1 is 1.28 bits per heavy atom. The molecule has 0 fully saturated rings. The molecule has 1 nitrogen and oxygen atoms in total. The Labute approximate surface area is 119 Å². The molecule has 0 saturated carbocycles. The summed E-state index contributed by atoms with van der Waals surface area (Å²) in [6.07, 6.45) is 0. The fourth-order valence-corrected chi connectivity index (χ4v) is 1.97. The lowest BCUT2D eigenvalue weighted by Gasteiger charge is -2.09. The molecule has 0 aromatic heterocycles. The minimum absolute atomic E-state index is 0.114. The molecule has 2 rings (SSSR count). The van der Waals surface area contributed by atoms with Crippen molar-refractivity contribution < 1.29 is 9.13 Å². The third-order valence-corrected chi connectivity index (χ3v) is 3.74. The van der Waals surface area contributed by atoms with E-state index in [0.29, 0.717) is 11.3 Å². The maximum Gasteiger partial charge on any atom is 0.148 e. The molecule has 0 amide bonds. The van der Waals surface area contributed by atoms with E-state index in [1.54, 1.807) is 12.1 Å². The molecule has 2 aromatic rings. The summed E-state index contributed by atoms with van der Waals surface area (Å²) in [5.74, 6) is 0.281. The second kappa shape index (κ2) is 5.72. The monoisotopic (exact) mass is 328 g/mol. The minimum Gasteiger partial charge on any atom is -0.489 e. The molecule has 0 aliphatic rings. The third kappa shape index (κ3) is 3.03. The number of rotatable bonds is 3. The average molecular weight is 330 g/mol. The lowest BCUT2D eigenvalue weighted by molar-refractivity contribution is 0.299. The highest BCUT2D eigenvalue weighted by molar-refractivity contribution is 9.10. The van der Waals surface area contributed by atoms with Gasteiger partial charge in [-0.2, -0.15) is 0 Å². The first-order valence-corrected chi connectivity index (χ1v) is 6.57. The molecule has 0 saturated heterocycles.